The number of hydrogen-bond donors (Lipinski definition) is 1. The zero-order valence-corrected chi connectivity index (χ0v) is 35.5. The van der Waals surface area contributed by atoms with Crippen LogP contribution in [0.15, 0.2) is 134 Å². The van der Waals surface area contributed by atoms with Gasteiger partial charge >= 0.3 is 5.97 Å². The molecule has 0 amide bonds. The summed E-state index contributed by atoms with van der Waals surface area (Å²) in [6, 6.07) is 35.7. The van der Waals surface area contributed by atoms with Gasteiger partial charge in [-0.2, -0.15) is 0 Å². The van der Waals surface area contributed by atoms with Gasteiger partial charge in [0.25, 0.3) is 0 Å². The van der Waals surface area contributed by atoms with Crippen molar-refractivity contribution in [3.8, 4) is 46.0 Å². The van der Waals surface area contributed by atoms with Crippen LogP contribution < -0.4 is 28.4 Å². The summed E-state index contributed by atoms with van der Waals surface area (Å²) in [4.78, 5) is 33.5. The Kier molecular flexibility index (Phi) is 12.0. The van der Waals surface area contributed by atoms with Gasteiger partial charge in [-0.05, 0) is 73.5 Å². The van der Waals surface area contributed by atoms with Gasteiger partial charge in [-0.3, -0.25) is 19.7 Å². The second-order valence-electron chi connectivity index (χ2n) is 14.6. The van der Waals surface area contributed by atoms with Crippen molar-refractivity contribution in [1.29, 1.82) is 0 Å². The van der Waals surface area contributed by atoms with Crippen molar-refractivity contribution in [3.63, 3.8) is 0 Å². The number of aromatic nitrogens is 4. The largest absolute Gasteiger partial charge is 0.493 e. The van der Waals surface area contributed by atoms with Crippen LogP contribution in [-0.4, -0.2) is 59.5 Å². The SMILES string of the molecule is COc1cc2nccc(Oc3ccc(C)nc3C(OC(=O)CC(O)(c3ccccc3)c3nc(C)ccc3Oc3ccnc4cc(OC)c(OC)cc34)c3ccccc3)c2cc1OC. The predicted molar refractivity (Wildman–Crippen MR) is 236 cm³/mol. The Morgan fingerprint density at radius 2 is 1.06 bits per heavy atom. The Morgan fingerprint density at radius 3 is 1.62 bits per heavy atom. The summed E-state index contributed by atoms with van der Waals surface area (Å²) in [6.07, 6.45) is 1.60. The van der Waals surface area contributed by atoms with Crippen LogP contribution in [0, 0.1) is 13.8 Å². The van der Waals surface area contributed by atoms with Gasteiger partial charge in [-0.25, -0.2) is 4.98 Å². The maximum atomic E-state index is 14.7. The number of pyridine rings is 4. The molecule has 0 aliphatic heterocycles. The molecule has 0 radical (unpaired) electrons. The Hall–Kier alpha value is -7.77. The second kappa shape index (κ2) is 18.1. The lowest BCUT2D eigenvalue weighted by Crippen LogP contribution is -2.33. The number of benzene rings is 4. The normalized spacial score (nSPS) is 12.6. The molecule has 13 heteroatoms. The lowest BCUT2D eigenvalue weighted by Gasteiger charge is -2.30. The number of carbonyl (C=O) groups is 1. The molecule has 8 aromatic rings. The number of aliphatic hydroxyl groups is 1. The molecule has 13 nitrogen and oxygen atoms in total. The summed E-state index contributed by atoms with van der Waals surface area (Å²) in [5.41, 5.74) is 1.83. The minimum atomic E-state index is -2.06. The summed E-state index contributed by atoms with van der Waals surface area (Å²) in [5.74, 6) is 2.66. The predicted octanol–water partition coefficient (Wildman–Crippen LogP) is 9.77. The van der Waals surface area contributed by atoms with E-state index < -0.39 is 24.1 Å². The van der Waals surface area contributed by atoms with Crippen molar-refractivity contribution in [2.75, 3.05) is 28.4 Å². The van der Waals surface area contributed by atoms with Crippen LogP contribution in [0.1, 0.15) is 46.4 Å². The number of fused-ring (bicyclic) bond motifs is 2. The van der Waals surface area contributed by atoms with Crippen LogP contribution in [-0.2, 0) is 15.1 Å². The molecule has 4 heterocycles. The van der Waals surface area contributed by atoms with Crippen molar-refractivity contribution >= 4 is 27.8 Å². The first-order valence-electron chi connectivity index (χ1n) is 20.0. The van der Waals surface area contributed by atoms with Crippen LogP contribution in [0.5, 0.6) is 46.0 Å². The molecule has 4 aromatic heterocycles. The lowest BCUT2D eigenvalue weighted by atomic mass is 9.86. The fourth-order valence-electron chi connectivity index (χ4n) is 7.40. The van der Waals surface area contributed by atoms with Crippen LogP contribution in [0.4, 0.5) is 0 Å². The number of hydrogen-bond acceptors (Lipinski definition) is 13. The zero-order chi connectivity index (χ0) is 44.1. The van der Waals surface area contributed by atoms with Gasteiger partial charge < -0.3 is 38.3 Å². The van der Waals surface area contributed by atoms with Gasteiger partial charge in [-0.15, -0.1) is 0 Å². The maximum absolute atomic E-state index is 14.7. The molecule has 8 rings (SSSR count). The highest BCUT2D eigenvalue weighted by Crippen LogP contribution is 2.44. The third-order valence-corrected chi connectivity index (χ3v) is 10.5. The van der Waals surface area contributed by atoms with Crippen molar-refractivity contribution in [2.24, 2.45) is 0 Å². The summed E-state index contributed by atoms with van der Waals surface area (Å²) in [5, 5.41) is 14.3. The molecule has 63 heavy (non-hydrogen) atoms. The van der Waals surface area contributed by atoms with Crippen LogP contribution >= 0.6 is 0 Å². The minimum Gasteiger partial charge on any atom is -0.493 e. The molecule has 2 unspecified atom stereocenters. The van der Waals surface area contributed by atoms with E-state index in [1.54, 1.807) is 127 Å². The quantitative estimate of drug-likeness (QED) is 0.0975. The van der Waals surface area contributed by atoms with E-state index in [1.165, 1.54) is 0 Å². The van der Waals surface area contributed by atoms with E-state index in [2.05, 4.69) is 9.97 Å². The minimum absolute atomic E-state index is 0.0988. The van der Waals surface area contributed by atoms with E-state index in [0.717, 1.165) is 0 Å². The lowest BCUT2D eigenvalue weighted by molar-refractivity contribution is -0.152. The van der Waals surface area contributed by atoms with Crippen molar-refractivity contribution in [1.82, 2.24) is 19.9 Å². The number of nitrogens with zero attached hydrogens (tertiary/aromatic N) is 4. The van der Waals surface area contributed by atoms with Gasteiger partial charge in [0, 0.05) is 46.7 Å². The molecular weight excluding hydrogens is 801 g/mol. The van der Waals surface area contributed by atoms with Gasteiger partial charge in [0.1, 0.15) is 28.5 Å². The molecule has 318 valence electrons. The highest BCUT2D eigenvalue weighted by Gasteiger charge is 2.41. The van der Waals surface area contributed by atoms with Crippen molar-refractivity contribution in [3.05, 3.63) is 168 Å². The number of methoxy groups -OCH3 is 4. The highest BCUT2D eigenvalue weighted by atomic mass is 16.5. The van der Waals surface area contributed by atoms with E-state index in [4.69, 9.17) is 43.1 Å². The first-order chi connectivity index (χ1) is 30.6. The van der Waals surface area contributed by atoms with Crippen LogP contribution in [0.2, 0.25) is 0 Å². The molecule has 0 aliphatic rings. The molecule has 2 atom stereocenters. The molecule has 0 aliphatic carbocycles. The maximum Gasteiger partial charge on any atom is 0.310 e. The first-order valence-corrected chi connectivity index (χ1v) is 20.0. The van der Waals surface area contributed by atoms with Gasteiger partial charge in [0.15, 0.2) is 40.6 Å². The first kappa shape index (κ1) is 41.9. The van der Waals surface area contributed by atoms with E-state index in [-0.39, 0.29) is 11.4 Å². The Balaban J connectivity index is 1.19. The molecule has 0 bridgehead atoms. The van der Waals surface area contributed by atoms with Gasteiger partial charge in [-0.1, -0.05) is 60.7 Å². The molecule has 0 saturated carbocycles. The monoisotopic (exact) mass is 844 g/mol. The van der Waals surface area contributed by atoms with E-state index >= 15 is 0 Å². The number of rotatable bonds is 15. The molecule has 0 fully saturated rings. The standard InChI is InChI=1S/C50H44N4O9/c1-30-17-19-40(61-38-21-23-51-36-27-44(59-5)42(57-3)25-34(36)38)47(53-30)48(32-13-9-7-10-14-32)63-46(55)29-50(56,33-15-11-8-12-16-33)49-41(20-18-31(2)54-49)62-39-22-24-52-37-28-45(60-6)43(58-4)26-35(37)39/h7-28,48,56H,29H2,1-6H3. The van der Waals surface area contributed by atoms with Gasteiger partial charge in [0.2, 0.25) is 0 Å². The second-order valence-corrected chi connectivity index (χ2v) is 14.6. The summed E-state index contributed by atoms with van der Waals surface area (Å²) < 4.78 is 41.9. The fourth-order valence-corrected chi connectivity index (χ4v) is 7.40. The topological polar surface area (TPSA) is 153 Å². The van der Waals surface area contributed by atoms with E-state index in [9.17, 15) is 9.90 Å². The zero-order valence-electron chi connectivity index (χ0n) is 35.5. The summed E-state index contributed by atoms with van der Waals surface area (Å²) in [6.45, 7) is 3.64. The molecule has 0 spiro atoms. The smallest absolute Gasteiger partial charge is 0.310 e. The number of aryl methyl sites for hydroxylation is 2. The molecule has 1 N–H and O–H groups in total. The van der Waals surface area contributed by atoms with Crippen molar-refractivity contribution in [2.45, 2.75) is 32.0 Å². The van der Waals surface area contributed by atoms with E-state index in [0.29, 0.717) is 90.3 Å². The Bertz CT molecular complexity index is 2930. The number of ether oxygens (including phenoxy) is 7. The Labute approximate surface area is 363 Å². The van der Waals surface area contributed by atoms with E-state index in [1.807, 2.05) is 49.4 Å². The third-order valence-electron chi connectivity index (χ3n) is 10.5. The molecular formula is C50H44N4O9. The van der Waals surface area contributed by atoms with Crippen LogP contribution in [0.25, 0.3) is 21.8 Å². The Morgan fingerprint density at radius 1 is 0.571 bits per heavy atom. The highest BCUT2D eigenvalue weighted by molar-refractivity contribution is 5.89. The summed E-state index contributed by atoms with van der Waals surface area (Å²) in [7, 11) is 6.21. The number of carbonyl (C=O) groups excluding carboxylic acids is 1. The molecule has 0 saturated heterocycles. The average molecular weight is 845 g/mol. The average Bonchev–Trinajstić information content (AvgIpc) is 3.31. The fraction of sp³-hybridized carbons (Fsp3) is 0.180. The third kappa shape index (κ3) is 8.59. The van der Waals surface area contributed by atoms with Crippen LogP contribution in [0.3, 0.4) is 0 Å². The molecule has 4 aromatic carbocycles. The summed E-state index contributed by atoms with van der Waals surface area (Å²) >= 11 is 0. The number of esters is 1. The van der Waals surface area contributed by atoms with Gasteiger partial charge in [0.05, 0.1) is 45.9 Å². The van der Waals surface area contributed by atoms with Crippen molar-refractivity contribution < 1.29 is 43.1 Å².